The SMILES string of the molecule is COc1cc(C=O)cc(Cl)c1OCc1ccsc1. The van der Waals surface area contributed by atoms with E-state index in [1.54, 1.807) is 23.5 Å². The van der Waals surface area contributed by atoms with Crippen LogP contribution < -0.4 is 9.47 Å². The van der Waals surface area contributed by atoms with Crippen LogP contribution in [0.15, 0.2) is 29.0 Å². The molecule has 0 N–H and O–H groups in total. The lowest BCUT2D eigenvalue weighted by Crippen LogP contribution is -1.98. The van der Waals surface area contributed by atoms with Gasteiger partial charge in [-0.15, -0.1) is 0 Å². The van der Waals surface area contributed by atoms with Crippen LogP contribution in [0.3, 0.4) is 0 Å². The van der Waals surface area contributed by atoms with E-state index < -0.39 is 0 Å². The number of methoxy groups -OCH3 is 1. The maximum Gasteiger partial charge on any atom is 0.180 e. The Morgan fingerprint density at radius 1 is 1.44 bits per heavy atom. The van der Waals surface area contributed by atoms with E-state index in [9.17, 15) is 4.79 Å². The van der Waals surface area contributed by atoms with Gasteiger partial charge in [0.1, 0.15) is 12.9 Å². The molecular formula is C13H11ClO3S. The zero-order valence-corrected chi connectivity index (χ0v) is 11.3. The molecule has 0 saturated heterocycles. The van der Waals surface area contributed by atoms with E-state index in [1.807, 2.05) is 16.8 Å². The van der Waals surface area contributed by atoms with Crippen molar-refractivity contribution >= 4 is 29.2 Å². The fourth-order valence-electron chi connectivity index (χ4n) is 1.48. The van der Waals surface area contributed by atoms with Gasteiger partial charge >= 0.3 is 0 Å². The minimum Gasteiger partial charge on any atom is -0.493 e. The molecule has 0 saturated carbocycles. The number of rotatable bonds is 5. The minimum atomic E-state index is 0.367. The molecule has 0 aliphatic carbocycles. The maximum absolute atomic E-state index is 10.7. The average molecular weight is 283 g/mol. The molecule has 18 heavy (non-hydrogen) atoms. The summed E-state index contributed by atoms with van der Waals surface area (Å²) in [4.78, 5) is 10.7. The molecule has 1 aromatic carbocycles. The number of benzene rings is 1. The molecule has 0 atom stereocenters. The first-order valence-corrected chi connectivity index (χ1v) is 6.53. The molecular weight excluding hydrogens is 272 g/mol. The smallest absolute Gasteiger partial charge is 0.180 e. The molecule has 2 aromatic rings. The Morgan fingerprint density at radius 3 is 2.89 bits per heavy atom. The van der Waals surface area contributed by atoms with Crippen molar-refractivity contribution in [2.75, 3.05) is 7.11 Å². The third-order valence-corrected chi connectivity index (χ3v) is 3.36. The third kappa shape index (κ3) is 2.83. The summed E-state index contributed by atoms with van der Waals surface area (Å²) in [6.45, 7) is 0.417. The standard InChI is InChI=1S/C13H11ClO3S/c1-16-12-5-10(6-15)4-11(14)13(12)17-7-9-2-3-18-8-9/h2-6,8H,7H2,1H3. The van der Waals surface area contributed by atoms with Crippen LogP contribution in [-0.4, -0.2) is 13.4 Å². The van der Waals surface area contributed by atoms with E-state index in [2.05, 4.69) is 0 Å². The van der Waals surface area contributed by atoms with Crippen LogP contribution in [0.25, 0.3) is 0 Å². The van der Waals surface area contributed by atoms with E-state index in [0.29, 0.717) is 28.7 Å². The predicted molar refractivity (Wildman–Crippen MR) is 72.0 cm³/mol. The van der Waals surface area contributed by atoms with Gasteiger partial charge < -0.3 is 9.47 Å². The molecule has 1 heterocycles. The van der Waals surface area contributed by atoms with Gasteiger partial charge in [-0.2, -0.15) is 11.3 Å². The molecule has 0 spiro atoms. The second-order valence-corrected chi connectivity index (χ2v) is 4.76. The lowest BCUT2D eigenvalue weighted by atomic mass is 10.2. The fourth-order valence-corrected chi connectivity index (χ4v) is 2.41. The first-order valence-electron chi connectivity index (χ1n) is 5.21. The molecule has 5 heteroatoms. The molecule has 0 aliphatic heterocycles. The number of aldehydes is 1. The Balaban J connectivity index is 2.23. The minimum absolute atomic E-state index is 0.367. The zero-order chi connectivity index (χ0) is 13.0. The summed E-state index contributed by atoms with van der Waals surface area (Å²) >= 11 is 7.68. The van der Waals surface area contributed by atoms with Crippen molar-refractivity contribution in [1.82, 2.24) is 0 Å². The van der Waals surface area contributed by atoms with Gasteiger partial charge in [-0.1, -0.05) is 11.6 Å². The van der Waals surface area contributed by atoms with Gasteiger partial charge in [-0.25, -0.2) is 0 Å². The molecule has 0 amide bonds. The van der Waals surface area contributed by atoms with Gasteiger partial charge in [0.2, 0.25) is 0 Å². The van der Waals surface area contributed by atoms with E-state index in [4.69, 9.17) is 21.1 Å². The highest BCUT2D eigenvalue weighted by Crippen LogP contribution is 2.36. The quantitative estimate of drug-likeness (QED) is 0.783. The molecule has 0 radical (unpaired) electrons. The van der Waals surface area contributed by atoms with E-state index in [1.165, 1.54) is 7.11 Å². The lowest BCUT2D eigenvalue weighted by molar-refractivity contribution is 0.112. The summed E-state index contributed by atoms with van der Waals surface area (Å²) in [5.41, 5.74) is 1.53. The van der Waals surface area contributed by atoms with Crippen LogP contribution >= 0.6 is 22.9 Å². The summed E-state index contributed by atoms with van der Waals surface area (Å²) in [7, 11) is 1.51. The molecule has 3 nitrogen and oxygen atoms in total. The highest BCUT2D eigenvalue weighted by molar-refractivity contribution is 7.07. The Kier molecular flexibility index (Phi) is 4.23. The number of thiophene rings is 1. The third-order valence-electron chi connectivity index (χ3n) is 2.35. The van der Waals surface area contributed by atoms with Crippen LogP contribution in [0.1, 0.15) is 15.9 Å². The van der Waals surface area contributed by atoms with Crippen molar-refractivity contribution in [3.05, 3.63) is 45.1 Å². The Labute approximate surface area is 114 Å². The number of carbonyl (C=O) groups excluding carboxylic acids is 1. The van der Waals surface area contributed by atoms with Crippen LogP contribution in [0.4, 0.5) is 0 Å². The molecule has 0 unspecified atom stereocenters. The highest BCUT2D eigenvalue weighted by Gasteiger charge is 2.12. The number of hydrogen-bond donors (Lipinski definition) is 0. The summed E-state index contributed by atoms with van der Waals surface area (Å²) in [6.07, 6.45) is 0.719. The Bertz CT molecular complexity index is 537. The second-order valence-electron chi connectivity index (χ2n) is 3.57. The second kappa shape index (κ2) is 5.89. The van der Waals surface area contributed by atoms with Crippen molar-refractivity contribution in [2.24, 2.45) is 0 Å². The molecule has 1 aromatic heterocycles. The van der Waals surface area contributed by atoms with E-state index >= 15 is 0 Å². The largest absolute Gasteiger partial charge is 0.493 e. The summed E-state index contributed by atoms with van der Waals surface area (Å²) < 4.78 is 10.8. The zero-order valence-electron chi connectivity index (χ0n) is 9.68. The van der Waals surface area contributed by atoms with Crippen molar-refractivity contribution < 1.29 is 14.3 Å². The van der Waals surface area contributed by atoms with Gasteiger partial charge in [0, 0.05) is 5.56 Å². The normalized spacial score (nSPS) is 10.1. The lowest BCUT2D eigenvalue weighted by Gasteiger charge is -2.12. The topological polar surface area (TPSA) is 35.5 Å². The summed E-state index contributed by atoms with van der Waals surface area (Å²) in [6, 6.07) is 5.13. The predicted octanol–water partition coefficient (Wildman–Crippen LogP) is 3.80. The molecule has 0 aliphatic rings. The van der Waals surface area contributed by atoms with E-state index in [0.717, 1.165) is 11.8 Å². The van der Waals surface area contributed by atoms with Gasteiger partial charge in [0.25, 0.3) is 0 Å². The van der Waals surface area contributed by atoms with Crippen molar-refractivity contribution in [3.63, 3.8) is 0 Å². The van der Waals surface area contributed by atoms with Gasteiger partial charge in [0.15, 0.2) is 11.5 Å². The molecule has 0 fully saturated rings. The summed E-state index contributed by atoms with van der Waals surface area (Å²) in [5, 5.41) is 4.35. The maximum atomic E-state index is 10.7. The van der Waals surface area contributed by atoms with Gasteiger partial charge in [0.05, 0.1) is 12.1 Å². The van der Waals surface area contributed by atoms with Crippen molar-refractivity contribution in [3.8, 4) is 11.5 Å². The highest BCUT2D eigenvalue weighted by atomic mass is 35.5. The number of ether oxygens (including phenoxy) is 2. The first-order chi connectivity index (χ1) is 8.74. The van der Waals surface area contributed by atoms with Gasteiger partial charge in [-0.3, -0.25) is 4.79 Å². The molecule has 2 rings (SSSR count). The summed E-state index contributed by atoms with van der Waals surface area (Å²) in [5.74, 6) is 0.913. The fraction of sp³-hybridized carbons (Fsp3) is 0.154. The number of halogens is 1. The van der Waals surface area contributed by atoms with E-state index in [-0.39, 0.29) is 0 Å². The Morgan fingerprint density at radius 2 is 2.28 bits per heavy atom. The van der Waals surface area contributed by atoms with Crippen LogP contribution in [0.2, 0.25) is 5.02 Å². The molecule has 94 valence electrons. The molecule has 0 bridgehead atoms. The van der Waals surface area contributed by atoms with Crippen LogP contribution in [-0.2, 0) is 6.61 Å². The Hall–Kier alpha value is -1.52. The van der Waals surface area contributed by atoms with Crippen molar-refractivity contribution in [2.45, 2.75) is 6.61 Å². The van der Waals surface area contributed by atoms with Crippen LogP contribution in [0.5, 0.6) is 11.5 Å². The van der Waals surface area contributed by atoms with Crippen LogP contribution in [0, 0.1) is 0 Å². The van der Waals surface area contributed by atoms with Crippen molar-refractivity contribution in [1.29, 1.82) is 0 Å². The average Bonchev–Trinajstić information content (AvgIpc) is 2.89. The number of hydrogen-bond acceptors (Lipinski definition) is 4. The van der Waals surface area contributed by atoms with Gasteiger partial charge in [-0.05, 0) is 34.5 Å². The monoisotopic (exact) mass is 282 g/mol. The first kappa shape index (κ1) is 12.9. The number of carbonyl (C=O) groups is 1.